The molecule has 92 valence electrons. The number of hydrogen-bond donors (Lipinski definition) is 1. The molecule has 2 aliphatic carbocycles. The molecule has 4 atom stereocenters. The molecule has 2 heteroatoms. The maximum Gasteiger partial charge on any atom is 0.0249 e. The molecule has 0 bridgehead atoms. The average molecular weight is 222 g/mol. The van der Waals surface area contributed by atoms with Crippen LogP contribution in [0.25, 0.3) is 0 Å². The van der Waals surface area contributed by atoms with E-state index in [1.165, 1.54) is 45.2 Å². The molecule has 2 nitrogen and oxygen atoms in total. The van der Waals surface area contributed by atoms with Gasteiger partial charge in [-0.2, -0.15) is 0 Å². The number of fused-ring (bicyclic) bond motifs is 1. The van der Waals surface area contributed by atoms with Gasteiger partial charge in [-0.1, -0.05) is 26.7 Å². The van der Waals surface area contributed by atoms with Crippen molar-refractivity contribution in [2.75, 3.05) is 13.1 Å². The molecule has 1 saturated heterocycles. The third-order valence-corrected chi connectivity index (χ3v) is 4.75. The first kappa shape index (κ1) is 11.0. The minimum Gasteiger partial charge on any atom is -0.310 e. The van der Waals surface area contributed by atoms with Crippen molar-refractivity contribution in [3.63, 3.8) is 0 Å². The number of likely N-dealkylation sites (tertiary alicyclic amines) is 1. The van der Waals surface area contributed by atoms with Crippen LogP contribution >= 0.6 is 0 Å². The van der Waals surface area contributed by atoms with Gasteiger partial charge in [-0.05, 0) is 31.1 Å². The van der Waals surface area contributed by atoms with Gasteiger partial charge in [-0.25, -0.2) is 0 Å². The zero-order valence-corrected chi connectivity index (χ0v) is 10.8. The highest BCUT2D eigenvalue weighted by Crippen LogP contribution is 2.46. The van der Waals surface area contributed by atoms with Crippen LogP contribution in [0.3, 0.4) is 0 Å². The summed E-state index contributed by atoms with van der Waals surface area (Å²) in [5.41, 5.74) is 0. The Morgan fingerprint density at radius 2 is 1.75 bits per heavy atom. The molecule has 1 aliphatic heterocycles. The lowest BCUT2D eigenvalue weighted by Crippen LogP contribution is -2.53. The van der Waals surface area contributed by atoms with Gasteiger partial charge < -0.3 is 5.32 Å². The molecule has 16 heavy (non-hydrogen) atoms. The second-order valence-corrected chi connectivity index (χ2v) is 6.49. The Labute approximate surface area is 99.8 Å². The van der Waals surface area contributed by atoms with Crippen molar-refractivity contribution in [2.45, 2.75) is 64.1 Å². The van der Waals surface area contributed by atoms with Crippen LogP contribution in [0, 0.1) is 11.8 Å². The summed E-state index contributed by atoms with van der Waals surface area (Å²) in [7, 11) is 0. The summed E-state index contributed by atoms with van der Waals surface area (Å²) in [6.45, 7) is 7.39. The molecule has 2 unspecified atom stereocenters. The van der Waals surface area contributed by atoms with Gasteiger partial charge in [0.2, 0.25) is 0 Å². The fourth-order valence-electron chi connectivity index (χ4n) is 3.88. The van der Waals surface area contributed by atoms with Crippen LogP contribution < -0.4 is 5.32 Å². The maximum atomic E-state index is 3.80. The van der Waals surface area contributed by atoms with Crippen molar-refractivity contribution in [2.24, 2.45) is 11.8 Å². The SMILES string of the molecule is CC(C)N[C@@H]1CCCC[C@H]1N1CC2CC2C1. The topological polar surface area (TPSA) is 15.3 Å². The van der Waals surface area contributed by atoms with Gasteiger partial charge in [-0.15, -0.1) is 0 Å². The van der Waals surface area contributed by atoms with Gasteiger partial charge in [0.05, 0.1) is 0 Å². The van der Waals surface area contributed by atoms with E-state index in [0.717, 1.165) is 23.9 Å². The van der Waals surface area contributed by atoms with E-state index in [2.05, 4.69) is 24.1 Å². The lowest BCUT2D eigenvalue weighted by Gasteiger charge is -2.40. The zero-order valence-electron chi connectivity index (χ0n) is 10.8. The molecule has 3 rings (SSSR count). The van der Waals surface area contributed by atoms with Gasteiger partial charge >= 0.3 is 0 Å². The summed E-state index contributed by atoms with van der Waals surface area (Å²) in [6.07, 6.45) is 7.25. The van der Waals surface area contributed by atoms with Crippen molar-refractivity contribution in [1.29, 1.82) is 0 Å². The second kappa shape index (κ2) is 4.30. The molecule has 0 aromatic carbocycles. The predicted octanol–water partition coefficient (Wildman–Crippen LogP) is 2.25. The highest BCUT2D eigenvalue weighted by atomic mass is 15.2. The number of nitrogens with one attached hydrogen (secondary N) is 1. The van der Waals surface area contributed by atoms with E-state index in [9.17, 15) is 0 Å². The summed E-state index contributed by atoms with van der Waals surface area (Å²) in [5.74, 6) is 2.17. The first-order valence-electron chi connectivity index (χ1n) is 7.24. The summed E-state index contributed by atoms with van der Waals surface area (Å²) in [6, 6.07) is 2.26. The first-order valence-corrected chi connectivity index (χ1v) is 7.24. The number of hydrogen-bond acceptors (Lipinski definition) is 2. The van der Waals surface area contributed by atoms with E-state index in [1.54, 1.807) is 0 Å². The van der Waals surface area contributed by atoms with Crippen LogP contribution in [-0.4, -0.2) is 36.1 Å². The van der Waals surface area contributed by atoms with E-state index >= 15 is 0 Å². The molecule has 0 amide bonds. The quantitative estimate of drug-likeness (QED) is 0.788. The van der Waals surface area contributed by atoms with E-state index in [4.69, 9.17) is 0 Å². The smallest absolute Gasteiger partial charge is 0.0249 e. The summed E-state index contributed by atoms with van der Waals surface area (Å²) in [4.78, 5) is 2.80. The zero-order chi connectivity index (χ0) is 11.1. The molecule has 1 heterocycles. The van der Waals surface area contributed by atoms with E-state index in [-0.39, 0.29) is 0 Å². The third kappa shape index (κ3) is 2.14. The molecule has 0 radical (unpaired) electrons. The van der Waals surface area contributed by atoms with Crippen molar-refractivity contribution in [3.8, 4) is 0 Å². The molecule has 0 spiro atoms. The largest absolute Gasteiger partial charge is 0.310 e. The Balaban J connectivity index is 1.61. The van der Waals surface area contributed by atoms with Crippen LogP contribution in [0.15, 0.2) is 0 Å². The number of rotatable bonds is 3. The molecule has 0 aromatic rings. The fourth-order valence-corrected chi connectivity index (χ4v) is 3.88. The Morgan fingerprint density at radius 1 is 1.06 bits per heavy atom. The summed E-state index contributed by atoms with van der Waals surface area (Å²) in [5, 5.41) is 3.80. The van der Waals surface area contributed by atoms with Gasteiger partial charge in [0.15, 0.2) is 0 Å². The fraction of sp³-hybridized carbons (Fsp3) is 1.00. The number of piperidine rings is 1. The Morgan fingerprint density at radius 3 is 2.44 bits per heavy atom. The molecule has 3 aliphatic rings. The lowest BCUT2D eigenvalue weighted by molar-refractivity contribution is 0.131. The average Bonchev–Trinajstić information content (AvgIpc) is 2.86. The highest BCUT2D eigenvalue weighted by Gasteiger charge is 2.48. The Kier molecular flexibility index (Phi) is 2.97. The summed E-state index contributed by atoms with van der Waals surface area (Å²) >= 11 is 0. The third-order valence-electron chi connectivity index (χ3n) is 4.75. The van der Waals surface area contributed by atoms with E-state index < -0.39 is 0 Å². The molecular formula is C14H26N2. The van der Waals surface area contributed by atoms with Crippen molar-refractivity contribution in [3.05, 3.63) is 0 Å². The molecule has 2 saturated carbocycles. The highest BCUT2D eigenvalue weighted by molar-refractivity contribution is 5.01. The Bertz CT molecular complexity index is 241. The lowest BCUT2D eigenvalue weighted by atomic mass is 9.88. The van der Waals surface area contributed by atoms with Gasteiger partial charge in [0.1, 0.15) is 0 Å². The monoisotopic (exact) mass is 222 g/mol. The van der Waals surface area contributed by atoms with E-state index in [1.807, 2.05) is 0 Å². The molecule has 1 N–H and O–H groups in total. The second-order valence-electron chi connectivity index (χ2n) is 6.49. The molecule has 0 aromatic heterocycles. The maximum absolute atomic E-state index is 3.80. The van der Waals surface area contributed by atoms with Crippen LogP contribution in [-0.2, 0) is 0 Å². The predicted molar refractivity (Wildman–Crippen MR) is 67.5 cm³/mol. The van der Waals surface area contributed by atoms with Crippen LogP contribution in [0.4, 0.5) is 0 Å². The van der Waals surface area contributed by atoms with Crippen molar-refractivity contribution in [1.82, 2.24) is 10.2 Å². The van der Waals surface area contributed by atoms with E-state index in [0.29, 0.717) is 6.04 Å². The number of nitrogens with zero attached hydrogens (tertiary/aromatic N) is 1. The first-order chi connectivity index (χ1) is 7.74. The van der Waals surface area contributed by atoms with Gasteiger partial charge in [-0.3, -0.25) is 4.90 Å². The Hall–Kier alpha value is -0.0800. The minimum absolute atomic E-state index is 0.641. The van der Waals surface area contributed by atoms with Crippen LogP contribution in [0.1, 0.15) is 46.0 Å². The van der Waals surface area contributed by atoms with Crippen molar-refractivity contribution >= 4 is 0 Å². The van der Waals surface area contributed by atoms with Gasteiger partial charge in [0, 0.05) is 31.2 Å². The normalized spacial score (nSPS) is 43.7. The van der Waals surface area contributed by atoms with Crippen LogP contribution in [0.5, 0.6) is 0 Å². The standard InChI is InChI=1S/C14H26N2/c1-10(2)15-13-5-3-4-6-14(13)16-8-11-7-12(11)9-16/h10-15H,3-9H2,1-2H3/t11?,12?,13-,14-/m1/s1. The molecule has 3 fully saturated rings. The minimum atomic E-state index is 0.641. The van der Waals surface area contributed by atoms with Crippen LogP contribution in [0.2, 0.25) is 0 Å². The summed E-state index contributed by atoms with van der Waals surface area (Å²) < 4.78 is 0. The molecular weight excluding hydrogens is 196 g/mol. The van der Waals surface area contributed by atoms with Gasteiger partial charge in [0.25, 0.3) is 0 Å². The van der Waals surface area contributed by atoms with Crippen molar-refractivity contribution < 1.29 is 0 Å².